The fourth-order valence-electron chi connectivity index (χ4n) is 3.60. The zero-order chi connectivity index (χ0) is 17.2. The minimum atomic E-state index is 0.486. The summed E-state index contributed by atoms with van der Waals surface area (Å²) in [4.78, 5) is 6.76. The SMILES string of the molecule is COCc1cc(N(C)Cc2n[nH]c3c2CCCCC3)n2nccc2n1. The molecule has 7 nitrogen and oxygen atoms in total. The second-order valence-electron chi connectivity index (χ2n) is 6.68. The summed E-state index contributed by atoms with van der Waals surface area (Å²) in [7, 11) is 3.76. The van der Waals surface area contributed by atoms with Crippen molar-refractivity contribution in [3.8, 4) is 0 Å². The predicted molar refractivity (Wildman–Crippen MR) is 95.7 cm³/mol. The van der Waals surface area contributed by atoms with Crippen LogP contribution in [-0.4, -0.2) is 39.0 Å². The molecule has 4 rings (SSSR count). The molecular weight excluding hydrogens is 316 g/mol. The Kier molecular flexibility index (Phi) is 4.40. The Labute approximate surface area is 147 Å². The van der Waals surface area contributed by atoms with E-state index in [1.807, 2.05) is 16.6 Å². The second-order valence-corrected chi connectivity index (χ2v) is 6.68. The van der Waals surface area contributed by atoms with Crippen molar-refractivity contribution in [3.05, 3.63) is 41.0 Å². The van der Waals surface area contributed by atoms with E-state index in [4.69, 9.17) is 4.74 Å². The van der Waals surface area contributed by atoms with Crippen molar-refractivity contribution in [3.63, 3.8) is 0 Å². The van der Waals surface area contributed by atoms with Crippen LogP contribution in [0.5, 0.6) is 0 Å². The first-order chi connectivity index (χ1) is 12.3. The molecule has 3 aromatic rings. The van der Waals surface area contributed by atoms with Gasteiger partial charge in [-0.05, 0) is 31.2 Å². The Bertz CT molecular complexity index is 868. The van der Waals surface area contributed by atoms with Gasteiger partial charge < -0.3 is 9.64 Å². The molecule has 0 saturated carbocycles. The molecule has 3 aromatic heterocycles. The summed E-state index contributed by atoms with van der Waals surface area (Å²) in [6, 6.07) is 3.95. The third kappa shape index (κ3) is 3.11. The number of hydrogen-bond acceptors (Lipinski definition) is 5. The quantitative estimate of drug-likeness (QED) is 0.723. The van der Waals surface area contributed by atoms with E-state index < -0.39 is 0 Å². The van der Waals surface area contributed by atoms with E-state index >= 15 is 0 Å². The van der Waals surface area contributed by atoms with E-state index in [2.05, 4.69) is 32.2 Å². The molecular formula is C18H24N6O. The van der Waals surface area contributed by atoms with Gasteiger partial charge in [0.25, 0.3) is 0 Å². The van der Waals surface area contributed by atoms with Gasteiger partial charge in [-0.15, -0.1) is 0 Å². The van der Waals surface area contributed by atoms with E-state index in [1.54, 1.807) is 13.3 Å². The third-order valence-corrected chi connectivity index (χ3v) is 4.86. The number of methoxy groups -OCH3 is 1. The molecule has 1 aliphatic carbocycles. The Morgan fingerprint density at radius 2 is 2.16 bits per heavy atom. The summed E-state index contributed by atoms with van der Waals surface area (Å²) < 4.78 is 7.12. The lowest BCUT2D eigenvalue weighted by molar-refractivity contribution is 0.181. The normalized spacial score (nSPS) is 14.5. The maximum absolute atomic E-state index is 5.25. The number of aryl methyl sites for hydroxylation is 1. The number of rotatable bonds is 5. The second kappa shape index (κ2) is 6.84. The average molecular weight is 340 g/mol. The van der Waals surface area contributed by atoms with Crippen molar-refractivity contribution in [1.82, 2.24) is 24.8 Å². The van der Waals surface area contributed by atoms with Crippen LogP contribution < -0.4 is 4.90 Å². The molecule has 3 heterocycles. The largest absolute Gasteiger partial charge is 0.378 e. The van der Waals surface area contributed by atoms with E-state index in [1.165, 1.54) is 30.5 Å². The molecule has 0 unspecified atom stereocenters. The number of ether oxygens (including phenoxy) is 1. The van der Waals surface area contributed by atoms with Crippen molar-refractivity contribution in [2.24, 2.45) is 0 Å². The lowest BCUT2D eigenvalue weighted by Gasteiger charge is -2.20. The molecule has 0 aliphatic heterocycles. The fourth-order valence-corrected chi connectivity index (χ4v) is 3.60. The van der Waals surface area contributed by atoms with Crippen molar-refractivity contribution in [2.75, 3.05) is 19.1 Å². The first-order valence-electron chi connectivity index (χ1n) is 8.85. The van der Waals surface area contributed by atoms with E-state index in [9.17, 15) is 0 Å². The number of aromatic nitrogens is 5. The van der Waals surface area contributed by atoms with Crippen LogP contribution in [0.15, 0.2) is 18.3 Å². The minimum absolute atomic E-state index is 0.486. The van der Waals surface area contributed by atoms with Crippen molar-refractivity contribution >= 4 is 11.5 Å². The summed E-state index contributed by atoms with van der Waals surface area (Å²) in [5.41, 5.74) is 5.60. The topological polar surface area (TPSA) is 71.3 Å². The van der Waals surface area contributed by atoms with Crippen LogP contribution in [0.1, 0.15) is 41.9 Å². The molecule has 1 N–H and O–H groups in total. The molecule has 1 aliphatic rings. The van der Waals surface area contributed by atoms with Crippen molar-refractivity contribution < 1.29 is 4.74 Å². The molecule has 7 heteroatoms. The molecule has 0 fully saturated rings. The van der Waals surface area contributed by atoms with Crippen LogP contribution >= 0.6 is 0 Å². The number of hydrogen-bond donors (Lipinski definition) is 1. The van der Waals surface area contributed by atoms with E-state index in [-0.39, 0.29) is 0 Å². The summed E-state index contributed by atoms with van der Waals surface area (Å²) >= 11 is 0. The first-order valence-corrected chi connectivity index (χ1v) is 8.85. The van der Waals surface area contributed by atoms with Gasteiger partial charge in [-0.25, -0.2) is 4.98 Å². The van der Waals surface area contributed by atoms with Crippen LogP contribution in [-0.2, 0) is 30.7 Å². The monoisotopic (exact) mass is 340 g/mol. The number of H-pyrrole nitrogens is 1. The number of fused-ring (bicyclic) bond motifs is 2. The standard InChI is InChI=1S/C18H24N6O/c1-23(11-16-14-6-4-3-5-7-15(14)21-22-16)18-10-13(12-25-2)20-17-8-9-19-24(17)18/h8-10H,3-7,11-12H2,1-2H3,(H,21,22). The van der Waals surface area contributed by atoms with Gasteiger partial charge in [0.05, 0.1) is 30.7 Å². The molecule has 0 aromatic carbocycles. The number of nitrogens with one attached hydrogen (secondary N) is 1. The zero-order valence-electron chi connectivity index (χ0n) is 14.8. The summed E-state index contributed by atoms with van der Waals surface area (Å²) in [5, 5.41) is 12.3. The van der Waals surface area contributed by atoms with Gasteiger partial charge >= 0.3 is 0 Å². The molecule has 0 amide bonds. The highest BCUT2D eigenvalue weighted by Gasteiger charge is 2.18. The van der Waals surface area contributed by atoms with Crippen molar-refractivity contribution in [1.29, 1.82) is 0 Å². The highest BCUT2D eigenvalue weighted by Crippen LogP contribution is 2.24. The number of aromatic amines is 1. The van der Waals surface area contributed by atoms with Crippen LogP contribution in [0, 0.1) is 0 Å². The number of nitrogens with zero attached hydrogens (tertiary/aromatic N) is 5. The lowest BCUT2D eigenvalue weighted by Crippen LogP contribution is -2.21. The Morgan fingerprint density at radius 3 is 3.04 bits per heavy atom. The number of anilines is 1. The smallest absolute Gasteiger partial charge is 0.157 e. The summed E-state index contributed by atoms with van der Waals surface area (Å²) in [6.45, 7) is 1.23. The van der Waals surface area contributed by atoms with E-state index in [0.29, 0.717) is 6.61 Å². The molecule has 0 bridgehead atoms. The van der Waals surface area contributed by atoms with Gasteiger partial charge in [-0.1, -0.05) is 6.42 Å². The van der Waals surface area contributed by atoms with Gasteiger partial charge in [0.15, 0.2) is 5.65 Å². The molecule has 25 heavy (non-hydrogen) atoms. The molecule has 0 atom stereocenters. The van der Waals surface area contributed by atoms with Crippen LogP contribution in [0.2, 0.25) is 0 Å². The van der Waals surface area contributed by atoms with Gasteiger partial charge in [0.2, 0.25) is 0 Å². The highest BCUT2D eigenvalue weighted by molar-refractivity contribution is 5.50. The molecule has 0 saturated heterocycles. The molecule has 132 valence electrons. The van der Waals surface area contributed by atoms with Gasteiger partial charge in [0, 0.05) is 32.0 Å². The lowest BCUT2D eigenvalue weighted by atomic mass is 10.1. The molecule has 0 spiro atoms. The van der Waals surface area contributed by atoms with Crippen LogP contribution in [0.4, 0.5) is 5.82 Å². The summed E-state index contributed by atoms with van der Waals surface area (Å²) in [5.74, 6) is 0.993. The fraction of sp³-hybridized carbons (Fsp3) is 0.500. The third-order valence-electron chi connectivity index (χ3n) is 4.86. The van der Waals surface area contributed by atoms with Crippen LogP contribution in [0.25, 0.3) is 5.65 Å². The minimum Gasteiger partial charge on any atom is -0.378 e. The summed E-state index contributed by atoms with van der Waals surface area (Å²) in [6.07, 6.45) is 7.82. The Morgan fingerprint density at radius 1 is 1.28 bits per heavy atom. The predicted octanol–water partition coefficient (Wildman–Crippen LogP) is 2.50. The van der Waals surface area contributed by atoms with E-state index in [0.717, 1.165) is 42.2 Å². The van der Waals surface area contributed by atoms with Gasteiger partial charge in [-0.2, -0.15) is 14.7 Å². The van der Waals surface area contributed by atoms with Crippen LogP contribution in [0.3, 0.4) is 0 Å². The molecule has 0 radical (unpaired) electrons. The van der Waals surface area contributed by atoms with Crippen molar-refractivity contribution in [2.45, 2.75) is 45.3 Å². The van der Waals surface area contributed by atoms with Gasteiger partial charge in [0.1, 0.15) is 5.82 Å². The zero-order valence-corrected chi connectivity index (χ0v) is 14.8. The average Bonchev–Trinajstić information content (AvgIpc) is 3.15. The maximum atomic E-state index is 5.25. The van der Waals surface area contributed by atoms with Gasteiger partial charge in [-0.3, -0.25) is 5.10 Å². The Hall–Kier alpha value is -2.41. The Balaban J connectivity index is 1.65. The highest BCUT2D eigenvalue weighted by atomic mass is 16.5. The maximum Gasteiger partial charge on any atom is 0.157 e. The first kappa shape index (κ1) is 16.1.